The number of aromatic nitrogens is 3. The number of halogens is 2. The summed E-state index contributed by atoms with van der Waals surface area (Å²) in [5.41, 5.74) is 7.24. The molecule has 1 aromatic heterocycles. The molecule has 3 N–H and O–H groups in total. The lowest BCUT2D eigenvalue weighted by atomic mass is 10.1. The van der Waals surface area contributed by atoms with Crippen LogP contribution in [0, 0.1) is 5.82 Å². The number of hydrogen-bond donors (Lipinski definition) is 2. The summed E-state index contributed by atoms with van der Waals surface area (Å²) in [5.74, 6) is -0.385. The molecule has 0 aliphatic carbocycles. The van der Waals surface area contributed by atoms with Crippen LogP contribution in [0.5, 0.6) is 0 Å². The van der Waals surface area contributed by atoms with Gasteiger partial charge < -0.3 is 15.8 Å². The van der Waals surface area contributed by atoms with Gasteiger partial charge in [-0.3, -0.25) is 4.79 Å². The highest BCUT2D eigenvalue weighted by Gasteiger charge is 2.09. The molecule has 9 heteroatoms. The summed E-state index contributed by atoms with van der Waals surface area (Å²) >= 11 is 5.83. The van der Waals surface area contributed by atoms with E-state index >= 15 is 0 Å². The number of nitrogen functional groups attached to an aromatic ring is 1. The normalized spacial score (nSPS) is 10.5. The quantitative estimate of drug-likeness (QED) is 0.582. The van der Waals surface area contributed by atoms with Crippen molar-refractivity contribution in [3.05, 3.63) is 70.8 Å². The standard InChI is InChI=1S/C19H17ClFN5O2/c20-13-4-1-12(2-5-13)3-10-17(27)28-11-16-24-18(22)26-19(25-16)23-15-8-6-14(21)7-9-15/h1-2,4-9H,3,10-11H2,(H3,22,23,24,25,26). The van der Waals surface area contributed by atoms with Crippen LogP contribution in [-0.4, -0.2) is 20.9 Å². The highest BCUT2D eigenvalue weighted by Crippen LogP contribution is 2.15. The molecule has 2 aromatic carbocycles. The van der Waals surface area contributed by atoms with Crippen molar-refractivity contribution < 1.29 is 13.9 Å². The third-order valence-electron chi connectivity index (χ3n) is 3.69. The third-order valence-corrected chi connectivity index (χ3v) is 3.94. The van der Waals surface area contributed by atoms with Crippen molar-refractivity contribution in [3.8, 4) is 0 Å². The van der Waals surface area contributed by atoms with E-state index in [1.807, 2.05) is 12.1 Å². The van der Waals surface area contributed by atoms with Crippen LogP contribution < -0.4 is 11.1 Å². The maximum atomic E-state index is 13.0. The number of nitrogens with one attached hydrogen (secondary N) is 1. The maximum absolute atomic E-state index is 13.0. The summed E-state index contributed by atoms with van der Waals surface area (Å²) in [7, 11) is 0. The summed E-state index contributed by atoms with van der Waals surface area (Å²) in [6.07, 6.45) is 0.746. The number of anilines is 3. The van der Waals surface area contributed by atoms with Crippen LogP contribution in [0.3, 0.4) is 0 Å². The predicted molar refractivity (Wildman–Crippen MR) is 103 cm³/mol. The largest absolute Gasteiger partial charge is 0.457 e. The molecule has 0 spiro atoms. The van der Waals surface area contributed by atoms with E-state index in [2.05, 4.69) is 20.3 Å². The minimum atomic E-state index is -0.387. The topological polar surface area (TPSA) is 103 Å². The van der Waals surface area contributed by atoms with Crippen molar-refractivity contribution in [3.63, 3.8) is 0 Å². The zero-order valence-electron chi connectivity index (χ0n) is 14.7. The summed E-state index contributed by atoms with van der Waals surface area (Å²) < 4.78 is 18.2. The fraction of sp³-hybridized carbons (Fsp3) is 0.158. The van der Waals surface area contributed by atoms with Crippen molar-refractivity contribution in [2.24, 2.45) is 0 Å². The predicted octanol–water partition coefficient (Wildman–Crippen LogP) is 3.67. The monoisotopic (exact) mass is 401 g/mol. The molecule has 0 saturated heterocycles. The maximum Gasteiger partial charge on any atom is 0.306 e. The summed E-state index contributed by atoms with van der Waals surface area (Å²) in [4.78, 5) is 24.0. The highest BCUT2D eigenvalue weighted by atomic mass is 35.5. The summed E-state index contributed by atoms with van der Waals surface area (Å²) in [6, 6.07) is 12.9. The average Bonchev–Trinajstić information content (AvgIpc) is 2.67. The Kier molecular flexibility index (Phi) is 6.33. The summed E-state index contributed by atoms with van der Waals surface area (Å²) in [5, 5.41) is 3.53. The van der Waals surface area contributed by atoms with E-state index in [4.69, 9.17) is 22.1 Å². The Labute approximate surface area is 165 Å². The van der Waals surface area contributed by atoms with Gasteiger partial charge in [0.05, 0.1) is 0 Å². The number of benzene rings is 2. The molecule has 0 atom stereocenters. The van der Waals surface area contributed by atoms with Gasteiger partial charge in [0.25, 0.3) is 0 Å². The van der Waals surface area contributed by atoms with E-state index < -0.39 is 0 Å². The molecule has 3 rings (SSSR count). The zero-order valence-corrected chi connectivity index (χ0v) is 15.5. The molecule has 0 fully saturated rings. The SMILES string of the molecule is Nc1nc(COC(=O)CCc2ccc(Cl)cc2)nc(Nc2ccc(F)cc2)n1. The number of nitrogens with two attached hydrogens (primary N) is 1. The lowest BCUT2D eigenvalue weighted by Crippen LogP contribution is -2.11. The molecule has 1 heterocycles. The van der Waals surface area contributed by atoms with E-state index in [0.717, 1.165) is 5.56 Å². The van der Waals surface area contributed by atoms with E-state index in [1.165, 1.54) is 24.3 Å². The molecular weight excluding hydrogens is 385 g/mol. The van der Waals surface area contributed by atoms with Crippen molar-refractivity contribution in [1.29, 1.82) is 0 Å². The zero-order chi connectivity index (χ0) is 19.9. The molecule has 0 aliphatic heterocycles. The molecule has 0 bridgehead atoms. The van der Waals surface area contributed by atoms with Crippen LogP contribution in [0.2, 0.25) is 5.02 Å². The lowest BCUT2D eigenvalue weighted by molar-refractivity contribution is -0.145. The first-order valence-electron chi connectivity index (χ1n) is 8.41. The molecule has 28 heavy (non-hydrogen) atoms. The van der Waals surface area contributed by atoms with Crippen LogP contribution in [0.15, 0.2) is 48.5 Å². The van der Waals surface area contributed by atoms with Crippen molar-refractivity contribution in [2.75, 3.05) is 11.1 Å². The Morgan fingerprint density at radius 2 is 1.79 bits per heavy atom. The van der Waals surface area contributed by atoms with Gasteiger partial charge in [0.1, 0.15) is 5.82 Å². The Morgan fingerprint density at radius 1 is 1.07 bits per heavy atom. The average molecular weight is 402 g/mol. The Morgan fingerprint density at radius 3 is 2.50 bits per heavy atom. The first kappa shape index (κ1) is 19.5. The number of rotatable bonds is 7. The molecule has 0 saturated carbocycles. The van der Waals surface area contributed by atoms with Gasteiger partial charge in [-0.15, -0.1) is 0 Å². The van der Waals surface area contributed by atoms with Crippen LogP contribution >= 0.6 is 11.6 Å². The third kappa shape index (κ3) is 5.88. The van der Waals surface area contributed by atoms with E-state index in [1.54, 1.807) is 12.1 Å². The minimum absolute atomic E-state index is 0.0215. The van der Waals surface area contributed by atoms with Gasteiger partial charge in [-0.2, -0.15) is 15.0 Å². The Hall–Kier alpha value is -3.26. The van der Waals surface area contributed by atoms with Crippen molar-refractivity contribution in [1.82, 2.24) is 15.0 Å². The molecule has 7 nitrogen and oxygen atoms in total. The van der Waals surface area contributed by atoms with Gasteiger partial charge >= 0.3 is 5.97 Å². The minimum Gasteiger partial charge on any atom is -0.457 e. The van der Waals surface area contributed by atoms with Gasteiger partial charge in [0.2, 0.25) is 11.9 Å². The van der Waals surface area contributed by atoms with Gasteiger partial charge in [0.15, 0.2) is 12.4 Å². The second-order valence-corrected chi connectivity index (χ2v) is 6.29. The van der Waals surface area contributed by atoms with Crippen molar-refractivity contribution in [2.45, 2.75) is 19.4 Å². The molecule has 3 aromatic rings. The molecule has 0 radical (unpaired) electrons. The Balaban J connectivity index is 1.54. The van der Waals surface area contributed by atoms with Crippen LogP contribution in [-0.2, 0) is 22.6 Å². The highest BCUT2D eigenvalue weighted by molar-refractivity contribution is 6.30. The number of nitrogens with zero attached hydrogens (tertiary/aromatic N) is 3. The molecule has 0 unspecified atom stereocenters. The molecule has 0 aliphatic rings. The van der Waals surface area contributed by atoms with E-state index in [0.29, 0.717) is 17.1 Å². The molecule has 0 amide bonds. The number of ether oxygens (including phenoxy) is 1. The second-order valence-electron chi connectivity index (χ2n) is 5.85. The van der Waals surface area contributed by atoms with Gasteiger partial charge in [-0.05, 0) is 48.4 Å². The first-order chi connectivity index (χ1) is 13.5. The molecular formula is C19H17ClFN5O2. The second kappa shape index (κ2) is 9.09. The Bertz CT molecular complexity index is 952. The lowest BCUT2D eigenvalue weighted by Gasteiger charge is -2.08. The first-order valence-corrected chi connectivity index (χ1v) is 8.79. The van der Waals surface area contributed by atoms with Gasteiger partial charge in [0, 0.05) is 17.1 Å². The van der Waals surface area contributed by atoms with Gasteiger partial charge in [-0.1, -0.05) is 23.7 Å². The van der Waals surface area contributed by atoms with Crippen molar-refractivity contribution >= 4 is 35.2 Å². The van der Waals surface area contributed by atoms with E-state index in [-0.39, 0.29) is 42.5 Å². The van der Waals surface area contributed by atoms with Crippen LogP contribution in [0.25, 0.3) is 0 Å². The molecule has 144 valence electrons. The number of hydrogen-bond acceptors (Lipinski definition) is 7. The smallest absolute Gasteiger partial charge is 0.306 e. The van der Waals surface area contributed by atoms with Gasteiger partial charge in [-0.25, -0.2) is 4.39 Å². The fourth-order valence-electron chi connectivity index (χ4n) is 2.34. The summed E-state index contributed by atoms with van der Waals surface area (Å²) in [6.45, 7) is -0.135. The number of carbonyl (C=O) groups excluding carboxylic acids is 1. The number of esters is 1. The van der Waals surface area contributed by atoms with Crippen LogP contribution in [0.1, 0.15) is 17.8 Å². The number of aryl methyl sites for hydroxylation is 1. The van der Waals surface area contributed by atoms with E-state index in [9.17, 15) is 9.18 Å². The number of carbonyl (C=O) groups is 1. The fourth-order valence-corrected chi connectivity index (χ4v) is 2.46. The van der Waals surface area contributed by atoms with Crippen LogP contribution in [0.4, 0.5) is 22.0 Å².